The number of hydrogen-bond donors (Lipinski definition) is 1. The first-order valence-corrected chi connectivity index (χ1v) is 7.12. The van der Waals surface area contributed by atoms with E-state index >= 15 is 0 Å². The summed E-state index contributed by atoms with van der Waals surface area (Å²) in [5, 5.41) is 9.11. The molecular weight excluding hydrogens is 290 g/mol. The minimum absolute atomic E-state index is 0.0631. The van der Waals surface area contributed by atoms with E-state index in [9.17, 15) is 4.79 Å². The summed E-state index contributed by atoms with van der Waals surface area (Å²) in [5.74, 6) is 5.22. The zero-order valence-electron chi connectivity index (χ0n) is 12.1. The molecule has 1 aromatic carbocycles. The fraction of sp³-hybridized carbons (Fsp3) is 0.438. The second-order valence-corrected chi connectivity index (χ2v) is 5.88. The van der Waals surface area contributed by atoms with Crippen LogP contribution in [0, 0.1) is 11.8 Å². The lowest BCUT2D eigenvalue weighted by Crippen LogP contribution is -2.55. The van der Waals surface area contributed by atoms with E-state index in [0.717, 1.165) is 0 Å². The number of halogens is 1. The Morgan fingerprint density at radius 1 is 1.52 bits per heavy atom. The van der Waals surface area contributed by atoms with Crippen molar-refractivity contribution in [3.63, 3.8) is 0 Å². The molecule has 1 aliphatic rings. The number of carbonyl (C=O) groups excluding carboxylic acids is 1. The molecule has 1 aliphatic heterocycles. The van der Waals surface area contributed by atoms with E-state index in [2.05, 4.69) is 11.8 Å². The van der Waals surface area contributed by atoms with Gasteiger partial charge in [0, 0.05) is 17.7 Å². The van der Waals surface area contributed by atoms with Gasteiger partial charge < -0.3 is 14.7 Å². The van der Waals surface area contributed by atoms with Crippen LogP contribution in [0.5, 0.6) is 0 Å². The van der Waals surface area contributed by atoms with Crippen LogP contribution in [0.15, 0.2) is 18.2 Å². The summed E-state index contributed by atoms with van der Waals surface area (Å²) < 4.78 is 5.43. The predicted octanol–water partition coefficient (Wildman–Crippen LogP) is 1.93. The molecule has 1 saturated heterocycles. The normalized spacial score (nSPS) is 17.0. The quantitative estimate of drug-likeness (QED) is 0.807. The van der Waals surface area contributed by atoms with Crippen LogP contribution in [0.3, 0.4) is 0 Å². The van der Waals surface area contributed by atoms with E-state index in [1.165, 1.54) is 0 Å². The molecule has 0 spiro atoms. The molecule has 0 bridgehead atoms. The van der Waals surface area contributed by atoms with Crippen molar-refractivity contribution < 1.29 is 14.6 Å². The van der Waals surface area contributed by atoms with E-state index in [0.29, 0.717) is 35.9 Å². The number of benzene rings is 1. The fourth-order valence-electron chi connectivity index (χ4n) is 2.27. The molecule has 1 fully saturated rings. The van der Waals surface area contributed by atoms with E-state index < -0.39 is 0 Å². The van der Waals surface area contributed by atoms with Crippen LogP contribution in [-0.4, -0.2) is 47.8 Å². The lowest BCUT2D eigenvalue weighted by Gasteiger charge is -2.42. The van der Waals surface area contributed by atoms with Crippen molar-refractivity contribution in [3.8, 4) is 11.8 Å². The summed E-state index contributed by atoms with van der Waals surface area (Å²) in [6.45, 7) is 5.36. The Morgan fingerprint density at radius 3 is 2.90 bits per heavy atom. The van der Waals surface area contributed by atoms with Crippen LogP contribution in [0.4, 0.5) is 0 Å². The number of ether oxygens (including phenoxy) is 1. The number of amides is 1. The second-order valence-electron chi connectivity index (χ2n) is 5.48. The van der Waals surface area contributed by atoms with Gasteiger partial charge in [-0.25, -0.2) is 0 Å². The Hall–Kier alpha value is -1.54. The molecule has 1 N–H and O–H groups in total. The maximum atomic E-state index is 12.6. The van der Waals surface area contributed by atoms with Gasteiger partial charge in [-0.3, -0.25) is 4.79 Å². The molecule has 4 nitrogen and oxygen atoms in total. The number of aliphatic hydroxyl groups excluding tert-OH is 1. The largest absolute Gasteiger partial charge is 0.384 e. The molecule has 21 heavy (non-hydrogen) atoms. The van der Waals surface area contributed by atoms with Crippen molar-refractivity contribution in [2.45, 2.75) is 19.4 Å². The molecule has 2 rings (SSSR count). The van der Waals surface area contributed by atoms with Crippen LogP contribution in [-0.2, 0) is 4.74 Å². The monoisotopic (exact) mass is 307 g/mol. The van der Waals surface area contributed by atoms with E-state index in [1.54, 1.807) is 23.1 Å². The molecule has 0 atom stereocenters. The van der Waals surface area contributed by atoms with Gasteiger partial charge in [0.1, 0.15) is 6.61 Å². The topological polar surface area (TPSA) is 49.8 Å². The minimum Gasteiger partial charge on any atom is -0.384 e. The van der Waals surface area contributed by atoms with Gasteiger partial charge in [-0.15, -0.1) is 0 Å². The summed E-state index contributed by atoms with van der Waals surface area (Å²) in [4.78, 5) is 14.4. The molecule has 0 unspecified atom stereocenters. The van der Waals surface area contributed by atoms with Crippen molar-refractivity contribution in [1.29, 1.82) is 0 Å². The van der Waals surface area contributed by atoms with Gasteiger partial charge in [0.2, 0.25) is 0 Å². The lowest BCUT2D eigenvalue weighted by molar-refractivity contribution is -0.0370. The summed E-state index contributed by atoms with van der Waals surface area (Å²) >= 11 is 6.14. The van der Waals surface area contributed by atoms with Gasteiger partial charge in [-0.1, -0.05) is 23.4 Å². The molecule has 112 valence electrons. The zero-order valence-corrected chi connectivity index (χ0v) is 12.9. The average Bonchev–Trinajstić information content (AvgIpc) is 2.45. The molecule has 0 aromatic heterocycles. The van der Waals surface area contributed by atoms with Gasteiger partial charge in [0.05, 0.1) is 23.8 Å². The van der Waals surface area contributed by atoms with Crippen molar-refractivity contribution in [2.24, 2.45) is 0 Å². The Balaban J connectivity index is 2.25. The third kappa shape index (κ3) is 3.56. The summed E-state index contributed by atoms with van der Waals surface area (Å²) in [5.41, 5.74) is 0.796. The standard InChI is InChI=1S/C16H18ClNO3/c1-16(2)11-21-9-7-18(16)15(20)13-6-5-12(4-3-8-19)14(17)10-13/h5-6,10,19H,7-9,11H2,1-2H3. The number of hydrogen-bond acceptors (Lipinski definition) is 3. The van der Waals surface area contributed by atoms with E-state index in [4.69, 9.17) is 21.4 Å². The average molecular weight is 308 g/mol. The van der Waals surface area contributed by atoms with Gasteiger partial charge in [-0.2, -0.15) is 0 Å². The highest BCUT2D eigenvalue weighted by Gasteiger charge is 2.34. The smallest absolute Gasteiger partial charge is 0.254 e. The van der Waals surface area contributed by atoms with Crippen molar-refractivity contribution in [1.82, 2.24) is 4.90 Å². The Kier molecular flexibility index (Phi) is 4.89. The van der Waals surface area contributed by atoms with Crippen LogP contribution < -0.4 is 0 Å². The van der Waals surface area contributed by atoms with Crippen molar-refractivity contribution in [2.75, 3.05) is 26.4 Å². The fourth-order valence-corrected chi connectivity index (χ4v) is 2.50. The second kappa shape index (κ2) is 6.48. The molecule has 0 aliphatic carbocycles. The Labute approximate surface area is 129 Å². The maximum Gasteiger partial charge on any atom is 0.254 e. The van der Waals surface area contributed by atoms with E-state index in [-0.39, 0.29) is 18.1 Å². The van der Waals surface area contributed by atoms with Gasteiger partial charge in [-0.05, 0) is 32.0 Å². The highest BCUT2D eigenvalue weighted by Crippen LogP contribution is 2.24. The van der Waals surface area contributed by atoms with E-state index in [1.807, 2.05) is 13.8 Å². The lowest BCUT2D eigenvalue weighted by atomic mass is 10.0. The third-order valence-corrected chi connectivity index (χ3v) is 3.72. The van der Waals surface area contributed by atoms with Gasteiger partial charge in [0.15, 0.2) is 0 Å². The first kappa shape index (κ1) is 15.8. The highest BCUT2D eigenvalue weighted by atomic mass is 35.5. The third-order valence-electron chi connectivity index (χ3n) is 3.41. The summed E-state index contributed by atoms with van der Waals surface area (Å²) in [6.07, 6.45) is 0. The van der Waals surface area contributed by atoms with Crippen molar-refractivity contribution in [3.05, 3.63) is 34.3 Å². The number of carbonyl (C=O) groups is 1. The van der Waals surface area contributed by atoms with Crippen LogP contribution in [0.1, 0.15) is 29.8 Å². The molecule has 1 amide bonds. The molecule has 1 aromatic rings. The van der Waals surface area contributed by atoms with Gasteiger partial charge >= 0.3 is 0 Å². The summed E-state index contributed by atoms with van der Waals surface area (Å²) in [6, 6.07) is 5.03. The first-order chi connectivity index (χ1) is 9.95. The first-order valence-electron chi connectivity index (χ1n) is 6.75. The molecule has 1 heterocycles. The number of rotatable bonds is 1. The van der Waals surface area contributed by atoms with Crippen molar-refractivity contribution >= 4 is 17.5 Å². The zero-order chi connectivity index (χ0) is 15.5. The van der Waals surface area contributed by atoms with Crippen LogP contribution >= 0.6 is 11.6 Å². The van der Waals surface area contributed by atoms with Gasteiger partial charge in [0.25, 0.3) is 5.91 Å². The minimum atomic E-state index is -0.336. The SMILES string of the molecule is CC1(C)COCCN1C(=O)c1ccc(C#CCO)c(Cl)c1. The number of nitrogens with zero attached hydrogens (tertiary/aromatic N) is 1. The maximum absolute atomic E-state index is 12.6. The Bertz CT molecular complexity index is 601. The molecular formula is C16H18ClNO3. The molecule has 0 radical (unpaired) electrons. The van der Waals surface area contributed by atoms with Crippen LogP contribution in [0.2, 0.25) is 5.02 Å². The predicted molar refractivity (Wildman–Crippen MR) is 81.4 cm³/mol. The molecule has 0 saturated carbocycles. The Morgan fingerprint density at radius 2 is 2.29 bits per heavy atom. The van der Waals surface area contributed by atoms with Crippen LogP contribution in [0.25, 0.3) is 0 Å². The number of aliphatic hydroxyl groups is 1. The number of morpholine rings is 1. The highest BCUT2D eigenvalue weighted by molar-refractivity contribution is 6.32. The summed E-state index contributed by atoms with van der Waals surface area (Å²) in [7, 11) is 0. The molecule has 5 heteroatoms.